The number of rotatable bonds is 4. The molecule has 1 N–H and O–H groups in total. The summed E-state index contributed by atoms with van der Waals surface area (Å²) in [6.07, 6.45) is 1.28. The summed E-state index contributed by atoms with van der Waals surface area (Å²) >= 11 is 0. The second-order valence-electron chi connectivity index (χ2n) is 3.92. The number of ether oxygens (including phenoxy) is 1. The maximum absolute atomic E-state index is 8.03. The zero-order chi connectivity index (χ0) is 9.73. The first-order chi connectivity index (χ1) is 6.14. The fourth-order valence-corrected chi connectivity index (χ4v) is 1.53. The van der Waals surface area contributed by atoms with Crippen LogP contribution in [0.4, 0.5) is 0 Å². The minimum atomic E-state index is 0.184. The van der Waals surface area contributed by atoms with E-state index in [0.717, 1.165) is 13.0 Å². The van der Waals surface area contributed by atoms with Gasteiger partial charge in [0, 0.05) is 23.5 Å². The zero-order valence-corrected chi connectivity index (χ0v) is 8.16. The first-order valence-electron chi connectivity index (χ1n) is 4.51. The van der Waals surface area contributed by atoms with Gasteiger partial charge < -0.3 is 10.1 Å². The Labute approximate surface area is 78.1 Å². The van der Waals surface area contributed by atoms with Crippen LogP contribution in [0.25, 0.3) is 10.4 Å². The molecule has 0 bridgehead atoms. The minimum Gasteiger partial charge on any atom is -0.377 e. The van der Waals surface area contributed by atoms with E-state index in [9.17, 15) is 0 Å². The molecule has 0 amide bonds. The predicted molar refractivity (Wildman–Crippen MR) is 50.5 cm³/mol. The number of nitrogens with one attached hydrogen (secondary N) is 1. The highest BCUT2D eigenvalue weighted by atomic mass is 16.5. The van der Waals surface area contributed by atoms with E-state index in [4.69, 9.17) is 10.3 Å². The summed E-state index contributed by atoms with van der Waals surface area (Å²) in [5.41, 5.74) is 8.22. The Bertz CT molecular complexity index is 210. The van der Waals surface area contributed by atoms with Gasteiger partial charge >= 0.3 is 0 Å². The average Bonchev–Trinajstić information content (AvgIpc) is 2.40. The van der Waals surface area contributed by atoms with Crippen LogP contribution in [-0.4, -0.2) is 31.3 Å². The Balaban J connectivity index is 2.14. The van der Waals surface area contributed by atoms with Crippen molar-refractivity contribution in [3.05, 3.63) is 10.4 Å². The summed E-state index contributed by atoms with van der Waals surface area (Å²) < 4.78 is 5.51. The van der Waals surface area contributed by atoms with Gasteiger partial charge in [-0.2, -0.15) is 0 Å². The molecule has 1 unspecified atom stereocenters. The second-order valence-corrected chi connectivity index (χ2v) is 3.92. The lowest BCUT2D eigenvalue weighted by molar-refractivity contribution is 0.0689. The number of nitrogens with zero attached hydrogens (tertiary/aromatic N) is 3. The van der Waals surface area contributed by atoms with E-state index in [1.165, 1.54) is 0 Å². The van der Waals surface area contributed by atoms with Gasteiger partial charge in [0.2, 0.25) is 0 Å². The van der Waals surface area contributed by atoms with Crippen molar-refractivity contribution in [1.29, 1.82) is 0 Å². The average molecular weight is 184 g/mol. The molecule has 1 fully saturated rings. The molecule has 0 radical (unpaired) electrons. The van der Waals surface area contributed by atoms with Gasteiger partial charge in [0.25, 0.3) is 0 Å². The van der Waals surface area contributed by atoms with Crippen LogP contribution in [0.5, 0.6) is 0 Å². The van der Waals surface area contributed by atoms with Crippen LogP contribution in [0, 0.1) is 0 Å². The molecule has 0 saturated carbocycles. The van der Waals surface area contributed by atoms with E-state index in [1.54, 1.807) is 0 Å². The third kappa shape index (κ3) is 3.63. The lowest BCUT2D eigenvalue weighted by Gasteiger charge is -2.16. The molecule has 1 atom stereocenters. The third-order valence-electron chi connectivity index (χ3n) is 2.15. The molecule has 0 spiro atoms. The Hall–Kier alpha value is -0.770. The van der Waals surface area contributed by atoms with E-state index in [1.807, 2.05) is 0 Å². The molecule has 5 heteroatoms. The molecule has 1 rings (SSSR count). The van der Waals surface area contributed by atoms with Crippen molar-refractivity contribution in [1.82, 2.24) is 5.32 Å². The number of hydrogen-bond donors (Lipinski definition) is 1. The Morgan fingerprint density at radius 3 is 3.00 bits per heavy atom. The molecule has 5 nitrogen and oxygen atoms in total. The van der Waals surface area contributed by atoms with Crippen molar-refractivity contribution < 1.29 is 4.74 Å². The first-order valence-corrected chi connectivity index (χ1v) is 4.51. The van der Waals surface area contributed by atoms with Crippen LogP contribution in [0.2, 0.25) is 0 Å². The van der Waals surface area contributed by atoms with E-state index >= 15 is 0 Å². The molecule has 0 aromatic carbocycles. The highest BCUT2D eigenvalue weighted by molar-refractivity contribution is 4.89. The van der Waals surface area contributed by atoms with E-state index in [2.05, 4.69) is 29.2 Å². The standard InChI is InChI=1S/C8H16N4O/c1-8(2)5-7(6-10-8)13-4-3-11-12-9/h7,10H,3-6H2,1-2H3. The summed E-state index contributed by atoms with van der Waals surface area (Å²) in [4.78, 5) is 2.66. The molecule has 1 aliphatic rings. The molecule has 0 aromatic rings. The topological polar surface area (TPSA) is 70.0 Å². The summed E-state index contributed by atoms with van der Waals surface area (Å²) in [5.74, 6) is 0. The van der Waals surface area contributed by atoms with Crippen LogP contribution in [0.3, 0.4) is 0 Å². The molecular formula is C8H16N4O. The van der Waals surface area contributed by atoms with Crippen molar-refractivity contribution in [2.45, 2.75) is 31.9 Å². The molecule has 1 saturated heterocycles. The van der Waals surface area contributed by atoms with E-state index in [0.29, 0.717) is 13.2 Å². The van der Waals surface area contributed by atoms with E-state index in [-0.39, 0.29) is 11.6 Å². The third-order valence-corrected chi connectivity index (χ3v) is 2.15. The van der Waals surface area contributed by atoms with Gasteiger partial charge in [0.05, 0.1) is 12.7 Å². The Kier molecular flexibility index (Phi) is 3.54. The summed E-state index contributed by atoms with van der Waals surface area (Å²) in [6.45, 7) is 6.15. The predicted octanol–water partition coefficient (Wildman–Crippen LogP) is 1.45. The maximum Gasteiger partial charge on any atom is 0.0716 e. The smallest absolute Gasteiger partial charge is 0.0716 e. The molecule has 13 heavy (non-hydrogen) atoms. The van der Waals surface area contributed by atoms with Gasteiger partial charge in [-0.15, -0.1) is 0 Å². The minimum absolute atomic E-state index is 0.184. The van der Waals surface area contributed by atoms with Gasteiger partial charge in [0.15, 0.2) is 0 Å². The van der Waals surface area contributed by atoms with Crippen LogP contribution < -0.4 is 5.32 Å². The first kappa shape index (κ1) is 10.3. The van der Waals surface area contributed by atoms with Crippen LogP contribution in [0.1, 0.15) is 20.3 Å². The largest absolute Gasteiger partial charge is 0.377 e. The molecule has 0 aliphatic carbocycles. The van der Waals surface area contributed by atoms with Gasteiger partial charge in [0.1, 0.15) is 0 Å². The fourth-order valence-electron chi connectivity index (χ4n) is 1.53. The van der Waals surface area contributed by atoms with Crippen LogP contribution >= 0.6 is 0 Å². The van der Waals surface area contributed by atoms with Gasteiger partial charge in [-0.1, -0.05) is 5.11 Å². The van der Waals surface area contributed by atoms with Crippen molar-refractivity contribution in [3.63, 3.8) is 0 Å². The lowest BCUT2D eigenvalue weighted by Crippen LogP contribution is -2.31. The van der Waals surface area contributed by atoms with Crippen LogP contribution in [0.15, 0.2) is 5.11 Å². The molecular weight excluding hydrogens is 168 g/mol. The molecule has 74 valence electrons. The molecule has 1 aliphatic heterocycles. The number of azide groups is 1. The normalized spacial score (nSPS) is 25.5. The van der Waals surface area contributed by atoms with Crippen molar-refractivity contribution in [2.75, 3.05) is 19.7 Å². The molecule has 0 aromatic heterocycles. The second kappa shape index (κ2) is 4.46. The summed E-state index contributed by atoms with van der Waals surface area (Å²) in [7, 11) is 0. The van der Waals surface area contributed by atoms with E-state index < -0.39 is 0 Å². The SMILES string of the molecule is CC1(C)CC(OCCN=[N+]=[N-])CN1. The summed E-state index contributed by atoms with van der Waals surface area (Å²) in [5, 5.41) is 6.76. The lowest BCUT2D eigenvalue weighted by atomic mass is 10.0. The highest BCUT2D eigenvalue weighted by Crippen LogP contribution is 2.19. The Morgan fingerprint density at radius 2 is 2.46 bits per heavy atom. The fraction of sp³-hybridized carbons (Fsp3) is 1.00. The van der Waals surface area contributed by atoms with Crippen LogP contribution in [-0.2, 0) is 4.74 Å². The Morgan fingerprint density at radius 1 is 1.69 bits per heavy atom. The maximum atomic E-state index is 8.03. The monoisotopic (exact) mass is 184 g/mol. The highest BCUT2D eigenvalue weighted by Gasteiger charge is 2.30. The van der Waals surface area contributed by atoms with Crippen molar-refractivity contribution in [2.24, 2.45) is 5.11 Å². The van der Waals surface area contributed by atoms with Gasteiger partial charge in [-0.25, -0.2) is 0 Å². The summed E-state index contributed by atoms with van der Waals surface area (Å²) in [6, 6.07) is 0. The van der Waals surface area contributed by atoms with Gasteiger partial charge in [-0.05, 0) is 25.8 Å². The van der Waals surface area contributed by atoms with Gasteiger partial charge in [-0.3, -0.25) is 0 Å². The number of hydrogen-bond acceptors (Lipinski definition) is 3. The van der Waals surface area contributed by atoms with Crippen molar-refractivity contribution >= 4 is 0 Å². The zero-order valence-electron chi connectivity index (χ0n) is 8.16. The van der Waals surface area contributed by atoms with Crippen molar-refractivity contribution in [3.8, 4) is 0 Å². The quantitative estimate of drug-likeness (QED) is 0.311. The molecule has 1 heterocycles.